The number of aliphatic imine (C=N–C) groups is 1. The number of carbonyl (C=O) groups is 3. The standard InChI is InChI=1S/C8H15N.C8H14O2.C5H7N3O.CH5NO/c1-7-5-8(3-4-8)6-9(7)2;1-2-3-4-8(7-10)5-6-9;6-3-1-2-5(7)8-4-9;1-2-3/h7H,3-6H2,1-2H3;6-8H,2-5H2,1H3;1-4,6H,(H2,7,8,9);2-3H,1H3/b;;2-1-,6-3?;. The summed E-state index contributed by atoms with van der Waals surface area (Å²) in [5, 5.41) is 13.8. The molecule has 5 N–H and O–H groups in total. The Balaban J connectivity index is 0. The second-order valence-electron chi connectivity index (χ2n) is 7.82. The number of allylic oxidation sites excluding steroid dienone is 1. The largest absolute Gasteiger partial charge is 0.384 e. The minimum absolute atomic E-state index is 0.0301. The number of nitrogens with one attached hydrogen (secondary N) is 2. The van der Waals surface area contributed by atoms with E-state index in [-0.39, 0.29) is 11.8 Å². The van der Waals surface area contributed by atoms with E-state index < -0.39 is 0 Å². The molecule has 2 aliphatic rings. The first-order chi connectivity index (χ1) is 14.8. The molecular formula is C22H41N5O4. The van der Waals surface area contributed by atoms with E-state index >= 15 is 0 Å². The Morgan fingerprint density at radius 2 is 2.00 bits per heavy atom. The van der Waals surface area contributed by atoms with Crippen molar-refractivity contribution >= 4 is 31.0 Å². The van der Waals surface area contributed by atoms with Crippen LogP contribution in [0.3, 0.4) is 0 Å². The number of aldehydes is 2. The first kappa shape index (κ1) is 31.0. The molecule has 2 atom stereocenters. The molecule has 31 heavy (non-hydrogen) atoms. The van der Waals surface area contributed by atoms with Crippen LogP contribution in [-0.4, -0.2) is 67.8 Å². The Morgan fingerprint density at radius 1 is 1.39 bits per heavy atom. The molecule has 9 heteroatoms. The Labute approximate surface area is 186 Å². The summed E-state index contributed by atoms with van der Waals surface area (Å²) < 4.78 is 0. The first-order valence-corrected chi connectivity index (χ1v) is 10.6. The third-order valence-corrected chi connectivity index (χ3v) is 5.11. The highest BCUT2D eigenvalue weighted by Gasteiger charge is 2.49. The quantitative estimate of drug-likeness (QED) is 0.186. The lowest BCUT2D eigenvalue weighted by atomic mass is 10.0. The number of amidine groups is 1. The number of nitrogens with two attached hydrogens (primary N) is 1. The molecule has 1 heterocycles. The molecule has 1 amide bonds. The molecule has 2 unspecified atom stereocenters. The summed E-state index contributed by atoms with van der Waals surface area (Å²) in [6.07, 6.45) is 13.7. The smallest absolute Gasteiger partial charge is 0.234 e. The van der Waals surface area contributed by atoms with E-state index in [1.54, 1.807) is 5.48 Å². The summed E-state index contributed by atoms with van der Waals surface area (Å²) in [6, 6.07) is 0.854. The molecule has 0 aromatic carbocycles. The molecule has 9 nitrogen and oxygen atoms in total. The zero-order valence-electron chi connectivity index (χ0n) is 19.4. The van der Waals surface area contributed by atoms with Crippen LogP contribution in [0.2, 0.25) is 0 Å². The third kappa shape index (κ3) is 17.2. The lowest BCUT2D eigenvalue weighted by molar-refractivity contribution is -0.115. The predicted molar refractivity (Wildman–Crippen MR) is 125 cm³/mol. The normalized spacial score (nSPS) is 19.6. The summed E-state index contributed by atoms with van der Waals surface area (Å²) in [7, 11) is 3.68. The number of likely N-dealkylation sites (tertiary alicyclic amines) is 1. The monoisotopic (exact) mass is 439 g/mol. The van der Waals surface area contributed by atoms with E-state index in [0.717, 1.165) is 49.5 Å². The predicted octanol–water partition coefficient (Wildman–Crippen LogP) is 2.37. The number of nitrogens with zero attached hydrogens (tertiary/aromatic N) is 2. The topological polar surface area (TPSA) is 149 Å². The molecule has 0 aromatic rings. The minimum atomic E-state index is -0.0301. The van der Waals surface area contributed by atoms with Gasteiger partial charge in [-0.1, -0.05) is 19.8 Å². The van der Waals surface area contributed by atoms with Gasteiger partial charge >= 0.3 is 0 Å². The molecule has 1 aliphatic heterocycles. The molecule has 178 valence electrons. The number of hydrogen-bond donors (Lipinski definition) is 4. The van der Waals surface area contributed by atoms with Crippen LogP contribution in [0.25, 0.3) is 0 Å². The Morgan fingerprint density at radius 3 is 2.32 bits per heavy atom. The van der Waals surface area contributed by atoms with Crippen molar-refractivity contribution < 1.29 is 19.6 Å². The zero-order valence-corrected chi connectivity index (χ0v) is 19.4. The fraction of sp³-hybridized carbons (Fsp3) is 0.682. The average Bonchev–Trinajstić information content (AvgIpc) is 3.43. The van der Waals surface area contributed by atoms with Gasteiger partial charge in [-0.3, -0.25) is 4.79 Å². The number of carbonyl (C=O) groups excluding carboxylic acids is 3. The van der Waals surface area contributed by atoms with Crippen molar-refractivity contribution in [1.82, 2.24) is 10.4 Å². The third-order valence-electron chi connectivity index (χ3n) is 5.11. The molecule has 1 saturated carbocycles. The summed E-state index contributed by atoms with van der Waals surface area (Å²) in [5.41, 5.74) is 7.66. The number of amides is 1. The summed E-state index contributed by atoms with van der Waals surface area (Å²) in [4.78, 5) is 35.5. The molecule has 0 aromatic heterocycles. The summed E-state index contributed by atoms with van der Waals surface area (Å²) in [5.74, 6) is 0.0750. The molecule has 1 aliphatic carbocycles. The van der Waals surface area contributed by atoms with Gasteiger partial charge < -0.3 is 30.8 Å². The zero-order chi connectivity index (χ0) is 24.1. The van der Waals surface area contributed by atoms with Crippen molar-refractivity contribution in [2.45, 2.75) is 64.8 Å². The second kappa shape index (κ2) is 19.7. The second-order valence-corrected chi connectivity index (χ2v) is 7.82. The molecule has 1 spiro atoms. The van der Waals surface area contributed by atoms with Crippen LogP contribution >= 0.6 is 0 Å². The van der Waals surface area contributed by atoms with E-state index in [9.17, 15) is 14.4 Å². The molecule has 0 bridgehead atoms. The first-order valence-electron chi connectivity index (χ1n) is 10.6. The van der Waals surface area contributed by atoms with Crippen LogP contribution < -0.4 is 11.2 Å². The molecular weight excluding hydrogens is 398 g/mol. The van der Waals surface area contributed by atoms with Crippen molar-refractivity contribution in [3.8, 4) is 0 Å². The highest BCUT2D eigenvalue weighted by molar-refractivity contribution is 5.97. The van der Waals surface area contributed by atoms with Gasteiger partial charge in [0.15, 0.2) is 0 Å². The fourth-order valence-corrected chi connectivity index (χ4v) is 3.15. The van der Waals surface area contributed by atoms with Gasteiger partial charge in [-0.05, 0) is 57.2 Å². The van der Waals surface area contributed by atoms with Gasteiger partial charge in [0.1, 0.15) is 18.4 Å². The fourth-order valence-electron chi connectivity index (χ4n) is 3.15. The van der Waals surface area contributed by atoms with Gasteiger partial charge in [0.05, 0.1) is 0 Å². The highest BCUT2D eigenvalue weighted by atomic mass is 16.5. The Bertz CT molecular complexity index is 550. The van der Waals surface area contributed by atoms with Crippen molar-refractivity contribution in [3.05, 3.63) is 12.2 Å². The maximum Gasteiger partial charge on any atom is 0.234 e. The SMILES string of the molecule is CC1CC2(CC2)CN1C.CCCCC(C=O)CC=O.CNO.N=C/C=C\C(N)=NC=O. The lowest BCUT2D eigenvalue weighted by Crippen LogP contribution is -2.21. The molecule has 2 rings (SSSR count). The van der Waals surface area contributed by atoms with E-state index in [0.29, 0.717) is 12.8 Å². The lowest BCUT2D eigenvalue weighted by Gasteiger charge is -2.12. The van der Waals surface area contributed by atoms with Crippen molar-refractivity contribution in [2.24, 2.45) is 22.1 Å². The van der Waals surface area contributed by atoms with Gasteiger partial charge in [-0.15, -0.1) is 0 Å². The average molecular weight is 440 g/mol. The summed E-state index contributed by atoms with van der Waals surface area (Å²) >= 11 is 0. The van der Waals surface area contributed by atoms with Crippen LogP contribution in [0.5, 0.6) is 0 Å². The number of hydrogen-bond acceptors (Lipinski definition) is 7. The van der Waals surface area contributed by atoms with Gasteiger partial charge in [0.25, 0.3) is 0 Å². The molecule has 0 radical (unpaired) electrons. The van der Waals surface area contributed by atoms with Crippen LogP contribution in [0.4, 0.5) is 0 Å². The van der Waals surface area contributed by atoms with Crippen molar-refractivity contribution in [1.29, 1.82) is 5.41 Å². The van der Waals surface area contributed by atoms with Gasteiger partial charge in [0.2, 0.25) is 6.41 Å². The minimum Gasteiger partial charge on any atom is -0.384 e. The maximum atomic E-state index is 10.2. The van der Waals surface area contributed by atoms with Gasteiger partial charge in [0, 0.05) is 38.2 Å². The summed E-state index contributed by atoms with van der Waals surface area (Å²) in [6.45, 7) is 5.78. The maximum absolute atomic E-state index is 10.2. The van der Waals surface area contributed by atoms with E-state index in [4.69, 9.17) is 16.4 Å². The van der Waals surface area contributed by atoms with E-state index in [2.05, 4.69) is 30.8 Å². The van der Waals surface area contributed by atoms with Crippen LogP contribution in [0, 0.1) is 16.7 Å². The van der Waals surface area contributed by atoms with Crippen LogP contribution in [-0.2, 0) is 14.4 Å². The van der Waals surface area contributed by atoms with Crippen LogP contribution in [0.1, 0.15) is 58.8 Å². The van der Waals surface area contributed by atoms with Crippen LogP contribution in [0.15, 0.2) is 17.1 Å². The van der Waals surface area contributed by atoms with Gasteiger partial charge in [-0.25, -0.2) is 5.48 Å². The molecule has 1 saturated heterocycles. The van der Waals surface area contributed by atoms with E-state index in [1.165, 1.54) is 45.0 Å². The molecule has 2 fully saturated rings. The van der Waals surface area contributed by atoms with Crippen molar-refractivity contribution in [2.75, 3.05) is 20.6 Å². The Hall–Kier alpha value is -2.23. The number of hydroxylamine groups is 1. The van der Waals surface area contributed by atoms with Crippen molar-refractivity contribution in [3.63, 3.8) is 0 Å². The number of rotatable bonds is 9. The highest BCUT2D eigenvalue weighted by Crippen LogP contribution is 2.54. The Kier molecular flexibility index (Phi) is 19.7. The number of unbranched alkanes of at least 4 members (excludes halogenated alkanes) is 1. The van der Waals surface area contributed by atoms with Gasteiger partial charge in [-0.2, -0.15) is 4.99 Å². The van der Waals surface area contributed by atoms with E-state index in [1.807, 2.05) is 0 Å².